The van der Waals surface area contributed by atoms with Gasteiger partial charge in [-0.05, 0) is 54.4 Å². The van der Waals surface area contributed by atoms with E-state index in [9.17, 15) is 0 Å². The molecule has 3 rings (SSSR count). The molecule has 0 radical (unpaired) electrons. The molecule has 1 atom stereocenters. The Bertz CT molecular complexity index is 549. The first-order valence-corrected chi connectivity index (χ1v) is 8.16. The molecule has 1 aliphatic rings. The Labute approximate surface area is 118 Å². The lowest BCUT2D eigenvalue weighted by molar-refractivity contribution is 0.413. The van der Waals surface area contributed by atoms with Crippen LogP contribution in [0.2, 0.25) is 0 Å². The van der Waals surface area contributed by atoms with Crippen molar-refractivity contribution in [1.82, 2.24) is 4.98 Å². The van der Waals surface area contributed by atoms with Crippen LogP contribution in [0.4, 0.5) is 0 Å². The summed E-state index contributed by atoms with van der Waals surface area (Å²) in [6, 6.07) is 10.7. The smallest absolute Gasteiger partial charge is 0.0705 e. The molecule has 1 aromatic heterocycles. The van der Waals surface area contributed by atoms with Crippen molar-refractivity contribution < 1.29 is 0 Å². The van der Waals surface area contributed by atoms with Crippen molar-refractivity contribution >= 4 is 22.7 Å². The van der Waals surface area contributed by atoms with Crippen LogP contribution in [0.1, 0.15) is 30.9 Å². The van der Waals surface area contributed by atoms with E-state index in [2.05, 4.69) is 41.0 Å². The molecule has 100 valence electrons. The lowest BCUT2D eigenvalue weighted by Crippen LogP contribution is -2.18. The lowest BCUT2D eigenvalue weighted by Gasteiger charge is -2.24. The van der Waals surface area contributed by atoms with Gasteiger partial charge in [-0.15, -0.1) is 0 Å². The highest BCUT2D eigenvalue weighted by molar-refractivity contribution is 7.99. The second-order valence-electron chi connectivity index (χ2n) is 5.35. The van der Waals surface area contributed by atoms with Crippen LogP contribution in [0.25, 0.3) is 10.9 Å². The summed E-state index contributed by atoms with van der Waals surface area (Å²) in [7, 11) is 0. The third kappa shape index (κ3) is 3.10. The summed E-state index contributed by atoms with van der Waals surface area (Å²) in [4.78, 5) is 4.41. The molecule has 0 amide bonds. The maximum absolute atomic E-state index is 6.38. The van der Waals surface area contributed by atoms with Gasteiger partial charge < -0.3 is 5.73 Å². The molecule has 1 aliphatic heterocycles. The van der Waals surface area contributed by atoms with Crippen molar-refractivity contribution in [3.05, 3.63) is 42.1 Å². The standard InChI is InChI=1S/C16H20N2S/c17-15(10-12-5-8-19-9-6-12)14-4-3-13-2-1-7-18-16(13)11-14/h1-4,7,11-12,15H,5-6,8-10,17H2. The molecule has 0 aliphatic carbocycles. The van der Waals surface area contributed by atoms with E-state index < -0.39 is 0 Å². The fourth-order valence-corrected chi connectivity index (χ4v) is 4.00. The Morgan fingerprint density at radius 2 is 2.11 bits per heavy atom. The Hall–Kier alpha value is -1.06. The van der Waals surface area contributed by atoms with Crippen molar-refractivity contribution in [3.63, 3.8) is 0 Å². The molecule has 1 aromatic carbocycles. The van der Waals surface area contributed by atoms with E-state index in [1.807, 2.05) is 12.3 Å². The molecule has 1 unspecified atom stereocenters. The van der Waals surface area contributed by atoms with Crippen molar-refractivity contribution in [2.45, 2.75) is 25.3 Å². The molecule has 1 saturated heterocycles. The Kier molecular flexibility index (Phi) is 4.04. The van der Waals surface area contributed by atoms with Gasteiger partial charge in [0, 0.05) is 17.6 Å². The summed E-state index contributed by atoms with van der Waals surface area (Å²) in [6.45, 7) is 0. The van der Waals surface area contributed by atoms with Gasteiger partial charge in [-0.3, -0.25) is 4.98 Å². The SMILES string of the molecule is NC(CC1CCSCC1)c1ccc2cccnc2c1. The maximum Gasteiger partial charge on any atom is 0.0705 e. The molecule has 3 heteroatoms. The van der Waals surface area contributed by atoms with Gasteiger partial charge in [-0.2, -0.15) is 11.8 Å². The van der Waals surface area contributed by atoms with Crippen LogP contribution >= 0.6 is 11.8 Å². The number of hydrogen-bond donors (Lipinski definition) is 1. The monoisotopic (exact) mass is 272 g/mol. The summed E-state index contributed by atoms with van der Waals surface area (Å²) in [6.07, 6.45) is 5.60. The van der Waals surface area contributed by atoms with Crippen LogP contribution < -0.4 is 5.73 Å². The van der Waals surface area contributed by atoms with Gasteiger partial charge in [0.15, 0.2) is 0 Å². The predicted octanol–water partition coefficient (Wildman–Crippen LogP) is 3.77. The van der Waals surface area contributed by atoms with Crippen molar-refractivity contribution in [1.29, 1.82) is 0 Å². The van der Waals surface area contributed by atoms with Crippen molar-refractivity contribution in [2.75, 3.05) is 11.5 Å². The van der Waals surface area contributed by atoms with E-state index in [0.717, 1.165) is 17.9 Å². The van der Waals surface area contributed by atoms with E-state index in [1.54, 1.807) is 0 Å². The number of thioether (sulfide) groups is 1. The van der Waals surface area contributed by atoms with Crippen LogP contribution in [0.3, 0.4) is 0 Å². The fraction of sp³-hybridized carbons (Fsp3) is 0.438. The zero-order valence-corrected chi connectivity index (χ0v) is 11.9. The molecular formula is C16H20N2S. The molecule has 2 heterocycles. The summed E-state index contributed by atoms with van der Waals surface area (Å²) in [5, 5.41) is 1.19. The molecule has 2 nitrogen and oxygen atoms in total. The normalized spacial score (nSPS) is 18.6. The number of nitrogens with two attached hydrogens (primary N) is 1. The molecule has 1 fully saturated rings. The quantitative estimate of drug-likeness (QED) is 0.924. The van der Waals surface area contributed by atoms with Gasteiger partial charge in [0.05, 0.1) is 5.52 Å². The highest BCUT2D eigenvalue weighted by Crippen LogP contribution is 2.30. The summed E-state index contributed by atoms with van der Waals surface area (Å²) < 4.78 is 0. The third-order valence-corrected chi connectivity index (χ3v) is 5.04. The first kappa shape index (κ1) is 12.9. The number of nitrogens with zero attached hydrogens (tertiary/aromatic N) is 1. The Balaban J connectivity index is 1.75. The minimum atomic E-state index is 0.152. The fourth-order valence-electron chi connectivity index (χ4n) is 2.79. The van der Waals surface area contributed by atoms with E-state index >= 15 is 0 Å². The van der Waals surface area contributed by atoms with Gasteiger partial charge in [0.25, 0.3) is 0 Å². The Morgan fingerprint density at radius 1 is 1.26 bits per heavy atom. The summed E-state index contributed by atoms with van der Waals surface area (Å²) in [5.74, 6) is 3.41. The molecule has 0 spiro atoms. The predicted molar refractivity (Wildman–Crippen MR) is 83.3 cm³/mol. The van der Waals surface area contributed by atoms with Crippen LogP contribution in [0, 0.1) is 5.92 Å². The highest BCUT2D eigenvalue weighted by Gasteiger charge is 2.18. The lowest BCUT2D eigenvalue weighted by atomic mass is 9.91. The van der Waals surface area contributed by atoms with Crippen LogP contribution in [-0.2, 0) is 0 Å². The number of hydrogen-bond acceptors (Lipinski definition) is 3. The second-order valence-corrected chi connectivity index (χ2v) is 6.58. The molecule has 2 N–H and O–H groups in total. The molecule has 2 aromatic rings. The largest absolute Gasteiger partial charge is 0.324 e. The first-order chi connectivity index (χ1) is 9.33. The molecule has 19 heavy (non-hydrogen) atoms. The maximum atomic E-state index is 6.38. The number of benzene rings is 1. The van der Waals surface area contributed by atoms with Crippen LogP contribution in [-0.4, -0.2) is 16.5 Å². The average molecular weight is 272 g/mol. The van der Waals surface area contributed by atoms with E-state index in [0.29, 0.717) is 0 Å². The average Bonchev–Trinajstić information content (AvgIpc) is 2.48. The van der Waals surface area contributed by atoms with Crippen LogP contribution in [0.5, 0.6) is 0 Å². The minimum Gasteiger partial charge on any atom is -0.324 e. The first-order valence-electron chi connectivity index (χ1n) is 7.01. The van der Waals surface area contributed by atoms with E-state index in [-0.39, 0.29) is 6.04 Å². The van der Waals surface area contributed by atoms with E-state index in [1.165, 1.54) is 35.3 Å². The number of pyridine rings is 1. The second kappa shape index (κ2) is 5.93. The van der Waals surface area contributed by atoms with Gasteiger partial charge in [-0.1, -0.05) is 18.2 Å². The highest BCUT2D eigenvalue weighted by atomic mass is 32.2. The number of fused-ring (bicyclic) bond motifs is 1. The molecular weight excluding hydrogens is 252 g/mol. The van der Waals surface area contributed by atoms with Gasteiger partial charge in [0.1, 0.15) is 0 Å². The molecule has 0 saturated carbocycles. The van der Waals surface area contributed by atoms with Crippen molar-refractivity contribution in [2.24, 2.45) is 11.7 Å². The third-order valence-electron chi connectivity index (χ3n) is 3.99. The summed E-state index contributed by atoms with van der Waals surface area (Å²) in [5.41, 5.74) is 8.66. The zero-order chi connectivity index (χ0) is 13.1. The zero-order valence-electron chi connectivity index (χ0n) is 11.1. The minimum absolute atomic E-state index is 0.152. The topological polar surface area (TPSA) is 38.9 Å². The van der Waals surface area contributed by atoms with Gasteiger partial charge in [-0.25, -0.2) is 0 Å². The van der Waals surface area contributed by atoms with Crippen molar-refractivity contribution in [3.8, 4) is 0 Å². The van der Waals surface area contributed by atoms with Gasteiger partial charge >= 0.3 is 0 Å². The summed E-state index contributed by atoms with van der Waals surface area (Å²) >= 11 is 2.07. The molecule has 0 bridgehead atoms. The van der Waals surface area contributed by atoms with Gasteiger partial charge in [0.2, 0.25) is 0 Å². The Morgan fingerprint density at radius 3 is 2.95 bits per heavy atom. The van der Waals surface area contributed by atoms with E-state index in [4.69, 9.17) is 5.73 Å². The number of rotatable bonds is 3. The number of aromatic nitrogens is 1. The van der Waals surface area contributed by atoms with Crippen LogP contribution in [0.15, 0.2) is 36.5 Å².